The van der Waals surface area contributed by atoms with Crippen molar-refractivity contribution < 1.29 is 4.79 Å². The van der Waals surface area contributed by atoms with Crippen LogP contribution in [0.25, 0.3) is 0 Å². The van der Waals surface area contributed by atoms with Gasteiger partial charge in [-0.1, -0.05) is 55.9 Å². The van der Waals surface area contributed by atoms with Crippen molar-refractivity contribution in [2.24, 2.45) is 5.41 Å². The molecule has 1 heterocycles. The molecule has 0 radical (unpaired) electrons. The van der Waals surface area contributed by atoms with E-state index in [1.54, 1.807) is 17.3 Å². The first-order valence-electron chi connectivity index (χ1n) is 8.07. The molecular weight excluding hydrogens is 318 g/mol. The number of aromatic nitrogens is 2. The first kappa shape index (κ1) is 17.0. The predicted molar refractivity (Wildman–Crippen MR) is 97.3 cm³/mol. The monoisotopic (exact) mass is 341 g/mol. The van der Waals surface area contributed by atoms with Crippen molar-refractivity contribution in [3.63, 3.8) is 0 Å². The smallest absolute Gasteiger partial charge is 0.256 e. The zero-order chi connectivity index (χ0) is 17.4. The quantitative estimate of drug-likeness (QED) is 0.615. The van der Waals surface area contributed by atoms with Gasteiger partial charge < -0.3 is 4.90 Å². The van der Waals surface area contributed by atoms with E-state index in [1.807, 2.05) is 19.4 Å². The molecule has 0 bridgehead atoms. The Hall–Kier alpha value is -1.88. The zero-order valence-electron chi connectivity index (χ0n) is 14.6. The minimum atomic E-state index is -0.0272. The van der Waals surface area contributed by atoms with E-state index in [0.29, 0.717) is 17.3 Å². The maximum Gasteiger partial charge on any atom is 0.256 e. The highest BCUT2D eigenvalue weighted by molar-refractivity contribution is 7.98. The van der Waals surface area contributed by atoms with Crippen LogP contribution in [-0.2, 0) is 5.41 Å². The largest absolute Gasteiger partial charge is 0.341 e. The van der Waals surface area contributed by atoms with Crippen LogP contribution in [0, 0.1) is 5.41 Å². The molecule has 0 aliphatic heterocycles. The number of carbonyl (C=O) groups is 1. The Bertz CT molecular complexity index is 730. The van der Waals surface area contributed by atoms with Crippen LogP contribution in [0.5, 0.6) is 0 Å². The number of rotatable bonds is 5. The third kappa shape index (κ3) is 2.93. The van der Waals surface area contributed by atoms with Crippen LogP contribution in [-0.4, -0.2) is 40.6 Å². The number of thioether (sulfide) groups is 1. The van der Waals surface area contributed by atoms with Crippen molar-refractivity contribution in [1.82, 2.24) is 14.9 Å². The molecule has 3 rings (SSSR count). The lowest BCUT2D eigenvalue weighted by Crippen LogP contribution is -2.36. The molecule has 24 heavy (non-hydrogen) atoms. The van der Waals surface area contributed by atoms with Crippen molar-refractivity contribution in [3.05, 3.63) is 53.9 Å². The van der Waals surface area contributed by atoms with Crippen LogP contribution in [0.1, 0.15) is 36.2 Å². The lowest BCUT2D eigenvalue weighted by atomic mass is 9.87. The third-order valence-corrected chi connectivity index (χ3v) is 5.73. The van der Waals surface area contributed by atoms with Crippen LogP contribution >= 0.6 is 11.8 Å². The fraction of sp³-hybridized carbons (Fsp3) is 0.421. The number of likely N-dealkylation sites (N-methyl/N-ethyl adjacent to an activating group) is 1. The molecule has 0 unspecified atom stereocenters. The molecule has 1 fully saturated rings. The lowest BCUT2D eigenvalue weighted by Gasteiger charge is -2.27. The van der Waals surface area contributed by atoms with Crippen LogP contribution in [0.3, 0.4) is 0 Å². The first-order chi connectivity index (χ1) is 11.4. The molecule has 2 aromatic rings. The fourth-order valence-corrected chi connectivity index (χ4v) is 3.87. The lowest BCUT2D eigenvalue weighted by molar-refractivity contribution is 0.0774. The van der Waals surface area contributed by atoms with E-state index in [2.05, 4.69) is 48.1 Å². The maximum absolute atomic E-state index is 12.7. The summed E-state index contributed by atoms with van der Waals surface area (Å²) in [7, 11) is 1.86. The van der Waals surface area contributed by atoms with Crippen molar-refractivity contribution in [1.29, 1.82) is 0 Å². The zero-order valence-corrected chi connectivity index (χ0v) is 15.4. The van der Waals surface area contributed by atoms with Crippen LogP contribution in [0.4, 0.5) is 0 Å². The Morgan fingerprint density at radius 3 is 2.29 bits per heavy atom. The van der Waals surface area contributed by atoms with Crippen LogP contribution < -0.4 is 0 Å². The maximum atomic E-state index is 12.7. The second-order valence-electron chi connectivity index (χ2n) is 7.13. The highest BCUT2D eigenvalue weighted by Crippen LogP contribution is 2.64. The Morgan fingerprint density at radius 1 is 1.21 bits per heavy atom. The molecule has 1 atom stereocenters. The molecule has 1 aromatic carbocycles. The molecule has 1 aromatic heterocycles. The fourth-order valence-electron chi connectivity index (χ4n) is 3.55. The highest BCUT2D eigenvalue weighted by atomic mass is 32.2. The van der Waals surface area contributed by atoms with Gasteiger partial charge in [-0.15, -0.1) is 0 Å². The summed E-state index contributed by atoms with van der Waals surface area (Å²) in [6.45, 7) is 5.25. The van der Waals surface area contributed by atoms with Gasteiger partial charge in [-0.2, -0.15) is 0 Å². The molecule has 1 saturated carbocycles. The van der Waals surface area contributed by atoms with E-state index < -0.39 is 0 Å². The second-order valence-corrected chi connectivity index (χ2v) is 7.90. The van der Waals surface area contributed by atoms with E-state index in [9.17, 15) is 4.79 Å². The molecule has 0 saturated heterocycles. The Morgan fingerprint density at radius 2 is 1.79 bits per heavy atom. The van der Waals surface area contributed by atoms with E-state index in [-0.39, 0.29) is 16.7 Å². The summed E-state index contributed by atoms with van der Waals surface area (Å²) >= 11 is 1.47. The van der Waals surface area contributed by atoms with Crippen molar-refractivity contribution in [2.75, 3.05) is 19.8 Å². The summed E-state index contributed by atoms with van der Waals surface area (Å²) in [6.07, 6.45) is 6.24. The van der Waals surface area contributed by atoms with Crippen molar-refractivity contribution in [2.45, 2.75) is 30.8 Å². The molecule has 4 nitrogen and oxygen atoms in total. The summed E-state index contributed by atoms with van der Waals surface area (Å²) in [4.78, 5) is 22.9. The average molecular weight is 341 g/mol. The Labute approximate surface area is 147 Å². The number of nitrogens with zero attached hydrogens (tertiary/aromatic N) is 3. The van der Waals surface area contributed by atoms with Crippen molar-refractivity contribution >= 4 is 17.7 Å². The summed E-state index contributed by atoms with van der Waals surface area (Å²) in [5, 5.41) is 0.679. The van der Waals surface area contributed by atoms with Crippen LogP contribution in [0.2, 0.25) is 0 Å². The van der Waals surface area contributed by atoms with Gasteiger partial charge >= 0.3 is 0 Å². The number of benzene rings is 1. The van der Waals surface area contributed by atoms with E-state index in [0.717, 1.165) is 6.42 Å². The van der Waals surface area contributed by atoms with Gasteiger partial charge in [0.1, 0.15) is 0 Å². The molecule has 126 valence electrons. The minimum absolute atomic E-state index is 0.0265. The summed E-state index contributed by atoms with van der Waals surface area (Å²) in [5.74, 6) is -0.0272. The van der Waals surface area contributed by atoms with Gasteiger partial charge in [-0.3, -0.25) is 4.79 Å². The molecule has 1 aliphatic rings. The van der Waals surface area contributed by atoms with Gasteiger partial charge in [0.15, 0.2) is 5.16 Å². The van der Waals surface area contributed by atoms with Gasteiger partial charge in [0, 0.05) is 31.4 Å². The first-order valence-corrected chi connectivity index (χ1v) is 9.29. The number of hydrogen-bond donors (Lipinski definition) is 0. The summed E-state index contributed by atoms with van der Waals surface area (Å²) in [5.41, 5.74) is 2.07. The molecule has 1 amide bonds. The second kappa shape index (κ2) is 6.20. The minimum Gasteiger partial charge on any atom is -0.341 e. The number of carbonyl (C=O) groups excluding carboxylic acids is 1. The van der Waals surface area contributed by atoms with Gasteiger partial charge in [0.25, 0.3) is 5.91 Å². The predicted octanol–water partition coefficient (Wildman–Crippen LogP) is 3.64. The van der Waals surface area contributed by atoms with Gasteiger partial charge in [0.2, 0.25) is 0 Å². The molecule has 1 aliphatic carbocycles. The van der Waals surface area contributed by atoms with Gasteiger partial charge in [-0.05, 0) is 23.7 Å². The van der Waals surface area contributed by atoms with Gasteiger partial charge in [-0.25, -0.2) is 9.97 Å². The number of hydrogen-bond acceptors (Lipinski definition) is 4. The molecular formula is C19H23N3OS. The summed E-state index contributed by atoms with van der Waals surface area (Å²) < 4.78 is 0. The third-order valence-electron chi connectivity index (χ3n) is 5.15. The number of amides is 1. The standard InChI is InChI=1S/C19H23N3OS/c1-18(2)12-19(18,15-8-6-5-7-9-15)13-22(3)16(23)14-10-20-17(24-4)21-11-14/h5-11H,12-13H2,1-4H3/t19-/m0/s1. The van der Waals surface area contributed by atoms with E-state index >= 15 is 0 Å². The molecule has 0 spiro atoms. The highest BCUT2D eigenvalue weighted by Gasteiger charge is 2.62. The Balaban J connectivity index is 1.79. The topological polar surface area (TPSA) is 46.1 Å². The van der Waals surface area contributed by atoms with Crippen LogP contribution in [0.15, 0.2) is 47.9 Å². The molecule has 5 heteroatoms. The average Bonchev–Trinajstić information content (AvgIpc) is 3.16. The molecule has 0 N–H and O–H groups in total. The van der Waals surface area contributed by atoms with E-state index in [1.165, 1.54) is 17.3 Å². The SMILES string of the molecule is CSc1ncc(C(=O)N(C)C[C@]2(c3ccccc3)CC2(C)C)cn1. The van der Waals surface area contributed by atoms with E-state index in [4.69, 9.17) is 0 Å². The normalized spacial score (nSPS) is 21.3. The van der Waals surface area contributed by atoms with Gasteiger partial charge in [0.05, 0.1) is 5.56 Å². The summed E-state index contributed by atoms with van der Waals surface area (Å²) in [6, 6.07) is 10.5. The Kier molecular flexibility index (Phi) is 4.38. The van der Waals surface area contributed by atoms with Crippen molar-refractivity contribution in [3.8, 4) is 0 Å².